The van der Waals surface area contributed by atoms with Crippen LogP contribution >= 0.6 is 0 Å². The van der Waals surface area contributed by atoms with Crippen LogP contribution in [0.25, 0.3) is 10.8 Å². The van der Waals surface area contributed by atoms with Gasteiger partial charge in [-0.25, -0.2) is 8.42 Å². The third-order valence-electron chi connectivity index (χ3n) is 3.98. The molecule has 0 saturated heterocycles. The van der Waals surface area contributed by atoms with E-state index >= 15 is 0 Å². The first kappa shape index (κ1) is 17.9. The molecule has 0 aliphatic heterocycles. The van der Waals surface area contributed by atoms with E-state index < -0.39 is 10.0 Å². The summed E-state index contributed by atoms with van der Waals surface area (Å²) < 4.78 is 33.9. The van der Waals surface area contributed by atoms with Crippen LogP contribution in [0.3, 0.4) is 0 Å². The summed E-state index contributed by atoms with van der Waals surface area (Å²) in [4.78, 5) is 11.5. The van der Waals surface area contributed by atoms with Crippen LogP contribution in [0.4, 0.5) is 5.69 Å². The average Bonchev–Trinajstić information content (AvgIpc) is 2.62. The van der Waals surface area contributed by atoms with Crippen molar-refractivity contribution in [2.45, 2.75) is 18.7 Å². The smallest absolute Gasteiger partial charge is 0.262 e. The van der Waals surface area contributed by atoms with Crippen LogP contribution < -0.4 is 9.46 Å². The Kier molecular flexibility index (Phi) is 4.95. The van der Waals surface area contributed by atoms with E-state index in [-0.39, 0.29) is 10.7 Å². The fraction of sp³-hybridized carbons (Fsp3) is 0.150. The van der Waals surface area contributed by atoms with Gasteiger partial charge in [0.15, 0.2) is 5.78 Å². The van der Waals surface area contributed by atoms with Crippen molar-refractivity contribution in [2.75, 3.05) is 11.3 Å². The predicted octanol–water partition coefficient (Wildman–Crippen LogP) is 4.24. The molecule has 0 fully saturated rings. The zero-order valence-corrected chi connectivity index (χ0v) is 15.3. The van der Waals surface area contributed by atoms with Crippen molar-refractivity contribution in [3.63, 3.8) is 0 Å². The number of hydrogen-bond donors (Lipinski definition) is 1. The van der Waals surface area contributed by atoms with Crippen LogP contribution in [0.15, 0.2) is 65.6 Å². The Morgan fingerprint density at radius 3 is 2.23 bits per heavy atom. The van der Waals surface area contributed by atoms with Crippen LogP contribution in [0.1, 0.15) is 24.2 Å². The Labute approximate surface area is 152 Å². The second kappa shape index (κ2) is 7.17. The van der Waals surface area contributed by atoms with Crippen molar-refractivity contribution in [3.05, 3.63) is 66.2 Å². The summed E-state index contributed by atoms with van der Waals surface area (Å²) >= 11 is 0. The highest BCUT2D eigenvalue weighted by atomic mass is 32.2. The first-order valence-electron chi connectivity index (χ1n) is 8.21. The number of ether oxygens (including phenoxy) is 1. The van der Waals surface area contributed by atoms with Gasteiger partial charge >= 0.3 is 0 Å². The molecule has 0 saturated carbocycles. The molecule has 0 unspecified atom stereocenters. The van der Waals surface area contributed by atoms with Gasteiger partial charge in [0.1, 0.15) is 5.75 Å². The number of fused-ring (bicyclic) bond motifs is 1. The number of sulfonamides is 1. The van der Waals surface area contributed by atoms with Crippen LogP contribution in [-0.2, 0) is 10.0 Å². The van der Waals surface area contributed by atoms with Gasteiger partial charge in [0.25, 0.3) is 10.0 Å². The summed E-state index contributed by atoms with van der Waals surface area (Å²) in [6, 6.07) is 16.8. The number of ketones is 1. The molecule has 3 rings (SSSR count). The van der Waals surface area contributed by atoms with Gasteiger partial charge in [-0.2, -0.15) is 0 Å². The molecule has 0 spiro atoms. The van der Waals surface area contributed by atoms with Crippen molar-refractivity contribution < 1.29 is 17.9 Å². The molecule has 1 N–H and O–H groups in total. The van der Waals surface area contributed by atoms with Gasteiger partial charge in [-0.15, -0.1) is 0 Å². The maximum absolute atomic E-state index is 12.9. The van der Waals surface area contributed by atoms with Crippen LogP contribution in [0, 0.1) is 0 Å². The summed E-state index contributed by atoms with van der Waals surface area (Å²) in [5, 5.41) is 1.33. The molecule has 0 aliphatic rings. The molecule has 0 bridgehead atoms. The number of hydrogen-bond acceptors (Lipinski definition) is 4. The molecule has 0 aromatic heterocycles. The highest BCUT2D eigenvalue weighted by molar-refractivity contribution is 7.93. The van der Waals surface area contributed by atoms with E-state index in [1.165, 1.54) is 6.92 Å². The van der Waals surface area contributed by atoms with E-state index in [1.54, 1.807) is 48.5 Å². The van der Waals surface area contributed by atoms with Gasteiger partial charge < -0.3 is 4.74 Å². The van der Waals surface area contributed by atoms with Crippen LogP contribution in [-0.4, -0.2) is 20.8 Å². The van der Waals surface area contributed by atoms with Gasteiger partial charge in [0, 0.05) is 22.0 Å². The Morgan fingerprint density at radius 2 is 1.62 bits per heavy atom. The number of rotatable bonds is 6. The largest absolute Gasteiger partial charge is 0.493 e. The van der Waals surface area contributed by atoms with E-state index in [0.29, 0.717) is 29.0 Å². The zero-order chi connectivity index (χ0) is 18.7. The highest BCUT2D eigenvalue weighted by Crippen LogP contribution is 2.32. The standard InChI is InChI=1S/C20H19NO4S/c1-3-25-19-12-13-20(18-7-5-4-6-17(18)19)26(23,24)21-16-10-8-15(9-11-16)14(2)22/h4-13,21H,3H2,1-2H3. The lowest BCUT2D eigenvalue weighted by Crippen LogP contribution is -2.13. The van der Waals surface area contributed by atoms with E-state index in [9.17, 15) is 13.2 Å². The second-order valence-electron chi connectivity index (χ2n) is 5.78. The van der Waals surface area contributed by atoms with Gasteiger partial charge in [0.2, 0.25) is 0 Å². The number of benzene rings is 3. The molecule has 26 heavy (non-hydrogen) atoms. The number of carbonyl (C=O) groups is 1. The summed E-state index contributed by atoms with van der Waals surface area (Å²) in [6.07, 6.45) is 0. The van der Waals surface area contributed by atoms with Crippen molar-refractivity contribution in [1.29, 1.82) is 0 Å². The molecule has 0 aliphatic carbocycles. The summed E-state index contributed by atoms with van der Waals surface area (Å²) in [7, 11) is -3.80. The third kappa shape index (κ3) is 3.55. The van der Waals surface area contributed by atoms with E-state index in [0.717, 1.165) is 5.39 Å². The van der Waals surface area contributed by atoms with Crippen LogP contribution in [0.5, 0.6) is 5.75 Å². The van der Waals surface area contributed by atoms with E-state index in [2.05, 4.69) is 4.72 Å². The Balaban J connectivity index is 2.02. The van der Waals surface area contributed by atoms with Crippen molar-refractivity contribution in [2.24, 2.45) is 0 Å². The lowest BCUT2D eigenvalue weighted by Gasteiger charge is -2.13. The van der Waals surface area contributed by atoms with Crippen LogP contribution in [0.2, 0.25) is 0 Å². The maximum Gasteiger partial charge on any atom is 0.262 e. The molecule has 0 heterocycles. The Hall–Kier alpha value is -2.86. The molecule has 5 nitrogen and oxygen atoms in total. The Bertz CT molecular complexity index is 1060. The minimum Gasteiger partial charge on any atom is -0.493 e. The minimum absolute atomic E-state index is 0.0723. The average molecular weight is 369 g/mol. The molecule has 6 heteroatoms. The van der Waals surface area contributed by atoms with Gasteiger partial charge in [0.05, 0.1) is 11.5 Å². The molecular formula is C20H19NO4S. The first-order chi connectivity index (χ1) is 12.4. The SMILES string of the molecule is CCOc1ccc(S(=O)(=O)Nc2ccc(C(C)=O)cc2)c2ccccc12. The number of carbonyl (C=O) groups excluding carboxylic acids is 1. The predicted molar refractivity (Wildman–Crippen MR) is 102 cm³/mol. The molecule has 0 atom stereocenters. The van der Waals surface area contributed by atoms with Gasteiger partial charge in [-0.05, 0) is 50.2 Å². The van der Waals surface area contributed by atoms with Gasteiger partial charge in [-0.3, -0.25) is 9.52 Å². The lowest BCUT2D eigenvalue weighted by molar-refractivity contribution is 0.101. The molecular weight excluding hydrogens is 350 g/mol. The highest BCUT2D eigenvalue weighted by Gasteiger charge is 2.19. The second-order valence-corrected chi connectivity index (χ2v) is 7.43. The maximum atomic E-state index is 12.9. The quantitative estimate of drug-likeness (QED) is 0.660. The zero-order valence-electron chi connectivity index (χ0n) is 14.5. The molecule has 0 radical (unpaired) electrons. The Morgan fingerprint density at radius 1 is 0.962 bits per heavy atom. The fourth-order valence-electron chi connectivity index (χ4n) is 2.74. The normalized spacial score (nSPS) is 11.3. The molecule has 134 valence electrons. The molecule has 3 aromatic rings. The van der Waals surface area contributed by atoms with Crippen molar-refractivity contribution >= 4 is 32.3 Å². The van der Waals surface area contributed by atoms with Crippen molar-refractivity contribution in [1.82, 2.24) is 0 Å². The summed E-state index contributed by atoms with van der Waals surface area (Å²) in [5.41, 5.74) is 0.924. The summed E-state index contributed by atoms with van der Waals surface area (Å²) in [6.45, 7) is 3.84. The minimum atomic E-state index is -3.80. The monoisotopic (exact) mass is 369 g/mol. The van der Waals surface area contributed by atoms with E-state index in [4.69, 9.17) is 4.74 Å². The molecule has 3 aromatic carbocycles. The third-order valence-corrected chi connectivity index (χ3v) is 5.42. The summed E-state index contributed by atoms with van der Waals surface area (Å²) in [5.74, 6) is 0.574. The van der Waals surface area contributed by atoms with E-state index in [1.807, 2.05) is 19.1 Å². The first-order valence-corrected chi connectivity index (χ1v) is 9.69. The lowest BCUT2D eigenvalue weighted by atomic mass is 10.1. The fourth-order valence-corrected chi connectivity index (χ4v) is 4.01. The number of nitrogens with one attached hydrogen (secondary N) is 1. The van der Waals surface area contributed by atoms with Gasteiger partial charge in [-0.1, -0.05) is 24.3 Å². The van der Waals surface area contributed by atoms with Crippen molar-refractivity contribution in [3.8, 4) is 5.75 Å². The number of Topliss-reactive ketones (excluding diaryl/α,β-unsaturated/α-hetero) is 1. The topological polar surface area (TPSA) is 72.5 Å². The molecule has 0 amide bonds. The number of anilines is 1.